The van der Waals surface area contributed by atoms with Crippen molar-refractivity contribution in [2.75, 3.05) is 6.61 Å². The highest BCUT2D eigenvalue weighted by molar-refractivity contribution is 6.66. The largest absolute Gasteiger partial charge is 0.395 e. The van der Waals surface area contributed by atoms with E-state index in [0.29, 0.717) is 6.61 Å². The molecule has 0 spiro atoms. The van der Waals surface area contributed by atoms with Crippen LogP contribution in [0.4, 0.5) is 4.39 Å². The van der Waals surface area contributed by atoms with Crippen molar-refractivity contribution in [3.63, 3.8) is 0 Å². The van der Waals surface area contributed by atoms with Crippen LogP contribution in [0, 0.1) is 0 Å². The summed E-state index contributed by atoms with van der Waals surface area (Å²) in [6.07, 6.45) is 6.27. The van der Waals surface area contributed by atoms with Gasteiger partial charge in [-0.1, -0.05) is 45.4 Å². The zero-order valence-corrected chi connectivity index (χ0v) is 12.9. The SMILES string of the molecule is CCCCCCCC[Si](C)(OCC)OC(C)F. The Kier molecular flexibility index (Phi) is 10.1. The van der Waals surface area contributed by atoms with Gasteiger partial charge in [-0.2, -0.15) is 0 Å². The Bertz CT molecular complexity index is 179. The highest BCUT2D eigenvalue weighted by Gasteiger charge is 2.32. The predicted molar refractivity (Wildman–Crippen MR) is 73.1 cm³/mol. The van der Waals surface area contributed by atoms with E-state index >= 15 is 0 Å². The molecular formula is C13H29FO2Si. The van der Waals surface area contributed by atoms with Crippen LogP contribution in [0.5, 0.6) is 0 Å². The first-order valence-corrected chi connectivity index (χ1v) is 9.52. The smallest absolute Gasteiger partial charge is 0.337 e. The van der Waals surface area contributed by atoms with Crippen LogP contribution < -0.4 is 0 Å². The summed E-state index contributed by atoms with van der Waals surface area (Å²) in [4.78, 5) is 0. The van der Waals surface area contributed by atoms with E-state index in [-0.39, 0.29) is 0 Å². The van der Waals surface area contributed by atoms with E-state index < -0.39 is 14.9 Å². The molecule has 0 aromatic carbocycles. The average Bonchev–Trinajstić information content (AvgIpc) is 2.22. The van der Waals surface area contributed by atoms with Crippen molar-refractivity contribution < 1.29 is 13.2 Å². The lowest BCUT2D eigenvalue weighted by atomic mass is 10.1. The van der Waals surface area contributed by atoms with Gasteiger partial charge in [0.25, 0.3) is 0 Å². The molecule has 4 heteroatoms. The summed E-state index contributed by atoms with van der Waals surface area (Å²) in [5.74, 6) is 0. The number of alkyl halides is 1. The second-order valence-electron chi connectivity index (χ2n) is 4.75. The lowest BCUT2D eigenvalue weighted by molar-refractivity contribution is 0.0394. The van der Waals surface area contributed by atoms with Gasteiger partial charge in [-0.05, 0) is 26.4 Å². The zero-order valence-electron chi connectivity index (χ0n) is 11.9. The lowest BCUT2D eigenvalue weighted by Crippen LogP contribution is -2.40. The number of unbranched alkanes of at least 4 members (excludes halogenated alkanes) is 5. The minimum absolute atomic E-state index is 0.616. The molecule has 0 saturated heterocycles. The molecule has 17 heavy (non-hydrogen) atoms. The highest BCUT2D eigenvalue weighted by atomic mass is 28.4. The Morgan fingerprint density at radius 1 is 1.06 bits per heavy atom. The molecule has 0 aromatic rings. The topological polar surface area (TPSA) is 18.5 Å². The van der Waals surface area contributed by atoms with Gasteiger partial charge < -0.3 is 8.85 Å². The number of halogens is 1. The van der Waals surface area contributed by atoms with E-state index in [1.807, 2.05) is 13.5 Å². The molecular weight excluding hydrogens is 235 g/mol. The molecule has 0 amide bonds. The fourth-order valence-corrected chi connectivity index (χ4v) is 4.56. The van der Waals surface area contributed by atoms with Crippen molar-refractivity contribution in [2.45, 2.75) is 78.2 Å². The van der Waals surface area contributed by atoms with E-state index in [2.05, 4.69) is 6.92 Å². The molecule has 2 unspecified atom stereocenters. The van der Waals surface area contributed by atoms with Gasteiger partial charge in [0.15, 0.2) is 6.36 Å². The molecule has 0 fully saturated rings. The summed E-state index contributed by atoms with van der Waals surface area (Å²) >= 11 is 0. The van der Waals surface area contributed by atoms with Crippen LogP contribution in [0.2, 0.25) is 12.6 Å². The van der Waals surface area contributed by atoms with Gasteiger partial charge in [0, 0.05) is 6.61 Å². The summed E-state index contributed by atoms with van der Waals surface area (Å²) in [6, 6.07) is 0.904. The van der Waals surface area contributed by atoms with Gasteiger partial charge in [0.2, 0.25) is 0 Å². The molecule has 0 rings (SSSR count). The van der Waals surface area contributed by atoms with Crippen molar-refractivity contribution in [1.82, 2.24) is 0 Å². The van der Waals surface area contributed by atoms with Crippen LogP contribution >= 0.6 is 0 Å². The third-order valence-electron chi connectivity index (χ3n) is 2.85. The molecule has 0 heterocycles. The minimum atomic E-state index is -2.26. The summed E-state index contributed by atoms with van der Waals surface area (Å²) in [5, 5.41) is 0. The minimum Gasteiger partial charge on any atom is -0.395 e. The average molecular weight is 264 g/mol. The molecule has 0 bridgehead atoms. The van der Waals surface area contributed by atoms with Crippen LogP contribution in [0.25, 0.3) is 0 Å². The van der Waals surface area contributed by atoms with Crippen molar-refractivity contribution in [3.05, 3.63) is 0 Å². The van der Waals surface area contributed by atoms with Crippen molar-refractivity contribution in [2.24, 2.45) is 0 Å². The zero-order chi connectivity index (χ0) is 13.1. The first-order valence-electron chi connectivity index (χ1n) is 7.00. The Balaban J connectivity index is 3.76. The van der Waals surface area contributed by atoms with Gasteiger partial charge >= 0.3 is 8.56 Å². The van der Waals surface area contributed by atoms with Crippen molar-refractivity contribution in [1.29, 1.82) is 0 Å². The van der Waals surface area contributed by atoms with E-state index in [4.69, 9.17) is 8.85 Å². The second-order valence-corrected chi connectivity index (χ2v) is 8.04. The van der Waals surface area contributed by atoms with Gasteiger partial charge in [0.1, 0.15) is 0 Å². The fraction of sp³-hybridized carbons (Fsp3) is 1.00. The lowest BCUT2D eigenvalue weighted by Gasteiger charge is -2.27. The highest BCUT2D eigenvalue weighted by Crippen LogP contribution is 2.20. The second kappa shape index (κ2) is 10.0. The summed E-state index contributed by atoms with van der Waals surface area (Å²) in [6.45, 7) is 8.18. The molecule has 0 radical (unpaired) electrons. The fourth-order valence-electron chi connectivity index (χ4n) is 2.04. The van der Waals surface area contributed by atoms with Crippen molar-refractivity contribution >= 4 is 8.56 Å². The maximum Gasteiger partial charge on any atom is 0.337 e. The Hall–Kier alpha value is 0.0669. The van der Waals surface area contributed by atoms with E-state index in [1.165, 1.54) is 39.0 Å². The molecule has 0 saturated carbocycles. The van der Waals surface area contributed by atoms with Crippen LogP contribution in [0.15, 0.2) is 0 Å². The van der Waals surface area contributed by atoms with E-state index in [0.717, 1.165) is 12.5 Å². The Morgan fingerprint density at radius 2 is 1.65 bits per heavy atom. The monoisotopic (exact) mass is 264 g/mol. The first kappa shape index (κ1) is 17.1. The molecule has 0 aliphatic carbocycles. The quantitative estimate of drug-likeness (QED) is 0.395. The molecule has 0 aromatic heterocycles. The maximum absolute atomic E-state index is 12.9. The summed E-state index contributed by atoms with van der Waals surface area (Å²) in [7, 11) is -2.26. The number of hydrogen-bond acceptors (Lipinski definition) is 2. The molecule has 2 nitrogen and oxygen atoms in total. The van der Waals surface area contributed by atoms with Crippen LogP contribution in [-0.4, -0.2) is 21.5 Å². The number of hydrogen-bond donors (Lipinski definition) is 0. The Labute approximate surface area is 107 Å². The van der Waals surface area contributed by atoms with Crippen LogP contribution in [0.1, 0.15) is 59.3 Å². The van der Waals surface area contributed by atoms with Crippen molar-refractivity contribution in [3.8, 4) is 0 Å². The molecule has 0 aliphatic rings. The van der Waals surface area contributed by atoms with Gasteiger partial charge in [-0.15, -0.1) is 0 Å². The van der Waals surface area contributed by atoms with Gasteiger partial charge in [-0.3, -0.25) is 0 Å². The standard InChI is InChI=1S/C13H29FO2Si/c1-5-7-8-9-10-11-12-17(4,15-6-2)16-13(3)14/h13H,5-12H2,1-4H3. The third-order valence-corrected chi connectivity index (χ3v) is 5.83. The molecule has 0 N–H and O–H groups in total. The molecule has 104 valence electrons. The number of rotatable bonds is 11. The van der Waals surface area contributed by atoms with Gasteiger partial charge in [0.05, 0.1) is 0 Å². The summed E-state index contributed by atoms with van der Waals surface area (Å²) in [5.41, 5.74) is 0. The molecule has 0 aliphatic heterocycles. The maximum atomic E-state index is 12.9. The van der Waals surface area contributed by atoms with E-state index in [1.54, 1.807) is 0 Å². The predicted octanol–water partition coefficient (Wildman–Crippen LogP) is 4.79. The third kappa shape index (κ3) is 9.74. The Morgan fingerprint density at radius 3 is 2.18 bits per heavy atom. The van der Waals surface area contributed by atoms with Gasteiger partial charge in [-0.25, -0.2) is 4.39 Å². The van der Waals surface area contributed by atoms with Crippen LogP contribution in [-0.2, 0) is 8.85 Å². The molecule has 2 atom stereocenters. The summed E-state index contributed by atoms with van der Waals surface area (Å²) < 4.78 is 23.9. The van der Waals surface area contributed by atoms with Crippen LogP contribution in [0.3, 0.4) is 0 Å². The first-order chi connectivity index (χ1) is 8.04. The normalized spacial score (nSPS) is 16.8. The van der Waals surface area contributed by atoms with E-state index in [9.17, 15) is 4.39 Å².